The number of anilines is 1. The Bertz CT molecular complexity index is 1610. The van der Waals surface area contributed by atoms with Gasteiger partial charge in [0, 0.05) is 48.5 Å². The normalized spacial score (nSPS) is 21.3. The highest BCUT2D eigenvalue weighted by Gasteiger charge is 2.44. The van der Waals surface area contributed by atoms with E-state index in [9.17, 15) is 23.1 Å². The van der Waals surface area contributed by atoms with Gasteiger partial charge in [-0.25, -0.2) is 24.1 Å². The molecular weight excluding hydrogens is 604 g/mol. The molecule has 0 spiro atoms. The molecule has 0 saturated carbocycles. The Morgan fingerprint density at radius 3 is 2.67 bits per heavy atom. The molecule has 6 rings (SSSR count). The van der Waals surface area contributed by atoms with Gasteiger partial charge in [0.25, 0.3) is 0 Å². The molecule has 0 radical (unpaired) electrons. The fraction of sp³-hybridized carbons (Fsp3) is 0.385. The van der Waals surface area contributed by atoms with E-state index in [0.29, 0.717) is 9.86 Å². The highest BCUT2D eigenvalue weighted by atomic mass is 79.9. The molecule has 0 bridgehead atoms. The van der Waals surface area contributed by atoms with Crippen LogP contribution in [-0.2, 0) is 21.4 Å². The van der Waals surface area contributed by atoms with E-state index in [0.717, 1.165) is 0 Å². The Hall–Kier alpha value is -3.52. The molecule has 2 fully saturated rings. The van der Waals surface area contributed by atoms with Crippen LogP contribution in [0.2, 0.25) is 0 Å². The molecule has 14 heteroatoms. The molecule has 2 aliphatic rings. The van der Waals surface area contributed by atoms with Crippen LogP contribution in [0.5, 0.6) is 5.88 Å². The third kappa shape index (κ3) is 4.72. The van der Waals surface area contributed by atoms with Gasteiger partial charge in [-0.15, -0.1) is 0 Å². The number of fused-ring (bicyclic) bond motifs is 3. The molecule has 4 aromatic rings. The molecule has 210 valence electrons. The lowest BCUT2D eigenvalue weighted by Crippen LogP contribution is -2.37. The first-order valence-corrected chi connectivity index (χ1v) is 13.2. The molecule has 5 heterocycles. The Balaban J connectivity index is 1.40. The van der Waals surface area contributed by atoms with Crippen molar-refractivity contribution in [1.29, 1.82) is 0 Å². The van der Waals surface area contributed by atoms with Gasteiger partial charge in [0.2, 0.25) is 11.7 Å². The predicted octanol–water partition coefficient (Wildman–Crippen LogP) is 5.64. The zero-order valence-electron chi connectivity index (χ0n) is 20.6. The lowest BCUT2D eigenvalue weighted by atomic mass is 9.89. The second kappa shape index (κ2) is 9.84. The Morgan fingerprint density at radius 1 is 1.20 bits per heavy atom. The standard InChI is InChI=1S/C26H21BrF4N4O5/c27-13-9-16(25(28)5-7-38-8-6-25)22(32-11-13)39-14-10-17(23(36)37)35(12-14)21-20-19(33-24(34-21)26(29,30)31)15-3-1-2-4-18(15)40-20/h1-4,9,11,14,17H,5-8,10,12H2,(H,36,37)/t14-,17-/m0/s1. The van der Waals surface area contributed by atoms with Crippen LogP contribution in [0.25, 0.3) is 22.1 Å². The summed E-state index contributed by atoms with van der Waals surface area (Å²) in [6.45, 7) is 0.254. The van der Waals surface area contributed by atoms with E-state index in [1.54, 1.807) is 30.3 Å². The number of aromatic nitrogens is 3. The van der Waals surface area contributed by atoms with Gasteiger partial charge >= 0.3 is 12.1 Å². The molecule has 9 nitrogen and oxygen atoms in total. The van der Waals surface area contributed by atoms with Crippen molar-refractivity contribution in [3.05, 3.63) is 52.4 Å². The first-order chi connectivity index (χ1) is 19.0. The highest BCUT2D eigenvalue weighted by Crippen LogP contribution is 2.43. The van der Waals surface area contributed by atoms with Crippen LogP contribution in [0.1, 0.15) is 30.7 Å². The second-order valence-electron chi connectivity index (χ2n) is 9.71. The molecule has 2 saturated heterocycles. The predicted molar refractivity (Wildman–Crippen MR) is 137 cm³/mol. The first kappa shape index (κ1) is 26.7. The molecule has 1 aromatic carbocycles. The number of rotatable bonds is 5. The Labute approximate surface area is 232 Å². The fourth-order valence-electron chi connectivity index (χ4n) is 5.21. The van der Waals surface area contributed by atoms with Crippen molar-refractivity contribution in [1.82, 2.24) is 15.0 Å². The number of ether oxygens (including phenoxy) is 2. The number of hydrogen-bond acceptors (Lipinski definition) is 8. The summed E-state index contributed by atoms with van der Waals surface area (Å²) in [6.07, 6.45) is -4.28. The van der Waals surface area contributed by atoms with E-state index in [4.69, 9.17) is 13.9 Å². The highest BCUT2D eigenvalue weighted by molar-refractivity contribution is 9.10. The van der Waals surface area contributed by atoms with Crippen LogP contribution in [0.4, 0.5) is 23.4 Å². The Kier molecular flexibility index (Phi) is 6.56. The molecule has 0 amide bonds. The number of para-hydroxylation sites is 1. The van der Waals surface area contributed by atoms with Crippen molar-refractivity contribution in [2.24, 2.45) is 0 Å². The second-order valence-corrected chi connectivity index (χ2v) is 10.6. The third-order valence-corrected chi connectivity index (χ3v) is 7.57. The summed E-state index contributed by atoms with van der Waals surface area (Å²) in [4.78, 5) is 25.2. The van der Waals surface area contributed by atoms with Gasteiger partial charge in [-0.3, -0.25) is 0 Å². The minimum atomic E-state index is -4.90. The Morgan fingerprint density at radius 2 is 1.95 bits per heavy atom. The lowest BCUT2D eigenvalue weighted by Gasteiger charge is -2.31. The van der Waals surface area contributed by atoms with Crippen molar-refractivity contribution in [2.75, 3.05) is 24.7 Å². The van der Waals surface area contributed by atoms with Gasteiger partial charge in [-0.1, -0.05) is 12.1 Å². The number of benzene rings is 1. The third-order valence-electron chi connectivity index (χ3n) is 7.14. The van der Waals surface area contributed by atoms with Crippen molar-refractivity contribution >= 4 is 49.8 Å². The van der Waals surface area contributed by atoms with Gasteiger partial charge in [-0.05, 0) is 34.1 Å². The number of aliphatic carboxylic acids is 1. The van der Waals surface area contributed by atoms with Gasteiger partial charge in [0.15, 0.2) is 11.4 Å². The van der Waals surface area contributed by atoms with Crippen molar-refractivity contribution in [3.63, 3.8) is 0 Å². The molecule has 2 atom stereocenters. The van der Waals surface area contributed by atoms with E-state index < -0.39 is 35.8 Å². The zero-order valence-corrected chi connectivity index (χ0v) is 22.2. The molecular formula is C26H21BrF4N4O5. The maximum atomic E-state index is 15.9. The number of alkyl halides is 4. The minimum Gasteiger partial charge on any atom is -0.480 e. The summed E-state index contributed by atoms with van der Waals surface area (Å²) in [5, 5.41) is 10.3. The van der Waals surface area contributed by atoms with Crippen molar-refractivity contribution in [2.45, 2.75) is 43.3 Å². The van der Waals surface area contributed by atoms with Crippen LogP contribution in [0.15, 0.2) is 45.4 Å². The first-order valence-electron chi connectivity index (χ1n) is 12.4. The smallest absolute Gasteiger partial charge is 0.451 e. The van der Waals surface area contributed by atoms with Crippen LogP contribution in [0.3, 0.4) is 0 Å². The molecule has 0 unspecified atom stereocenters. The zero-order chi connectivity index (χ0) is 28.2. The molecule has 40 heavy (non-hydrogen) atoms. The minimum absolute atomic E-state index is 0.0175. The molecule has 2 aliphatic heterocycles. The fourth-order valence-corrected chi connectivity index (χ4v) is 5.54. The number of carboxylic acid groups (broad SMARTS) is 1. The van der Waals surface area contributed by atoms with E-state index in [1.807, 2.05) is 0 Å². The van der Waals surface area contributed by atoms with E-state index in [1.165, 1.54) is 11.1 Å². The van der Waals surface area contributed by atoms with E-state index in [-0.39, 0.29) is 73.0 Å². The maximum absolute atomic E-state index is 15.9. The number of halogens is 5. The van der Waals surface area contributed by atoms with Gasteiger partial charge in [-0.2, -0.15) is 13.2 Å². The molecule has 0 aliphatic carbocycles. The van der Waals surface area contributed by atoms with Crippen LogP contribution >= 0.6 is 15.9 Å². The van der Waals surface area contributed by atoms with Crippen LogP contribution < -0.4 is 9.64 Å². The van der Waals surface area contributed by atoms with Crippen LogP contribution in [0, 0.1) is 0 Å². The number of carboxylic acids is 1. The van der Waals surface area contributed by atoms with Crippen LogP contribution in [-0.4, -0.2) is 57.9 Å². The van der Waals surface area contributed by atoms with Crippen molar-refractivity contribution < 1.29 is 41.4 Å². The molecule has 1 N–H and O–H groups in total. The largest absolute Gasteiger partial charge is 0.480 e. The van der Waals surface area contributed by atoms with Gasteiger partial charge in [0.05, 0.1) is 12.1 Å². The number of carbonyl (C=O) groups is 1. The summed E-state index contributed by atoms with van der Waals surface area (Å²) in [5.41, 5.74) is -1.47. The monoisotopic (exact) mass is 624 g/mol. The van der Waals surface area contributed by atoms with Gasteiger partial charge < -0.3 is 23.9 Å². The topological polar surface area (TPSA) is 111 Å². The number of hydrogen-bond donors (Lipinski definition) is 1. The number of nitrogens with zero attached hydrogens (tertiary/aromatic N) is 4. The molecule has 3 aromatic heterocycles. The summed E-state index contributed by atoms with van der Waals surface area (Å²) in [6, 6.07) is 6.67. The number of furan rings is 1. The summed E-state index contributed by atoms with van der Waals surface area (Å²) in [5.74, 6) is -3.05. The quantitative estimate of drug-likeness (QED) is 0.282. The summed E-state index contributed by atoms with van der Waals surface area (Å²) >= 11 is 3.31. The van der Waals surface area contributed by atoms with E-state index in [2.05, 4.69) is 30.9 Å². The summed E-state index contributed by atoms with van der Waals surface area (Å²) < 4.78 is 75.1. The average molecular weight is 625 g/mol. The van der Waals surface area contributed by atoms with Gasteiger partial charge in [0.1, 0.15) is 28.9 Å². The average Bonchev–Trinajstić information content (AvgIpc) is 3.51. The summed E-state index contributed by atoms with van der Waals surface area (Å²) in [7, 11) is 0. The van der Waals surface area contributed by atoms with E-state index >= 15 is 4.39 Å². The SMILES string of the molecule is O=C(O)[C@@H]1C[C@H](Oc2ncc(Br)cc2C2(F)CCOCC2)CN1c1nc(C(F)(F)F)nc2c1oc1ccccc12. The lowest BCUT2D eigenvalue weighted by molar-refractivity contribution is -0.144. The maximum Gasteiger partial charge on any atom is 0.451 e. The number of pyridine rings is 1. The van der Waals surface area contributed by atoms with Crippen molar-refractivity contribution in [3.8, 4) is 5.88 Å².